The smallest absolute Gasteiger partial charge is 0.163 e. The Hall–Kier alpha value is -2.90. The van der Waals surface area contributed by atoms with E-state index in [4.69, 9.17) is 26.3 Å². The number of fused-ring (bicyclic) bond motifs is 1. The molecule has 1 aliphatic carbocycles. The Kier molecular flexibility index (Phi) is 5.34. The van der Waals surface area contributed by atoms with Crippen LogP contribution in [-0.2, 0) is 4.74 Å². The second-order valence-electron chi connectivity index (χ2n) is 9.47. The Balaban J connectivity index is 1.41. The standard InChI is InChI=1S/C26H25ClFN5O/c1-14-3-7-21-24(20-8-4-18(27)11-22(20)28)31-25(32-26(21)30-14)16-9-15(2)34-23(10-16)17-12-29-33(13-17)19-5-6-19/h3-4,7-8,11-13,15-16,19,23H,5-6,9-10H2,1-2H3/t15-,16+,23+/m0/s1. The average molecular weight is 478 g/mol. The van der Waals surface area contributed by atoms with Gasteiger partial charge in [-0.3, -0.25) is 4.68 Å². The monoisotopic (exact) mass is 477 g/mol. The van der Waals surface area contributed by atoms with Gasteiger partial charge in [0.05, 0.1) is 30.1 Å². The molecule has 0 radical (unpaired) electrons. The summed E-state index contributed by atoms with van der Waals surface area (Å²) in [7, 11) is 0. The maximum absolute atomic E-state index is 14.9. The van der Waals surface area contributed by atoms with Crippen LogP contribution in [0.25, 0.3) is 22.3 Å². The van der Waals surface area contributed by atoms with E-state index in [2.05, 4.69) is 23.2 Å². The molecule has 1 saturated heterocycles. The minimum atomic E-state index is -0.412. The van der Waals surface area contributed by atoms with Crippen molar-refractivity contribution in [2.75, 3.05) is 0 Å². The predicted molar refractivity (Wildman–Crippen MR) is 128 cm³/mol. The van der Waals surface area contributed by atoms with E-state index in [0.29, 0.717) is 33.8 Å². The largest absolute Gasteiger partial charge is 0.370 e. The molecular formula is C26H25ClFN5O. The summed E-state index contributed by atoms with van der Waals surface area (Å²) in [4.78, 5) is 14.4. The Morgan fingerprint density at radius 3 is 2.74 bits per heavy atom. The summed E-state index contributed by atoms with van der Waals surface area (Å²) in [6.07, 6.45) is 7.88. The minimum Gasteiger partial charge on any atom is -0.370 e. The predicted octanol–water partition coefficient (Wildman–Crippen LogP) is 6.35. The highest BCUT2D eigenvalue weighted by molar-refractivity contribution is 6.30. The molecule has 0 N–H and O–H groups in total. The lowest BCUT2D eigenvalue weighted by molar-refractivity contribution is -0.0511. The quantitative estimate of drug-likeness (QED) is 0.342. The number of nitrogens with zero attached hydrogens (tertiary/aromatic N) is 5. The Bertz CT molecular complexity index is 1390. The fraction of sp³-hybridized carbons (Fsp3) is 0.385. The Morgan fingerprint density at radius 1 is 1.09 bits per heavy atom. The number of aryl methyl sites for hydroxylation is 1. The van der Waals surface area contributed by atoms with Crippen LogP contribution < -0.4 is 0 Å². The highest BCUT2D eigenvalue weighted by atomic mass is 35.5. The van der Waals surface area contributed by atoms with Gasteiger partial charge in [-0.25, -0.2) is 19.3 Å². The summed E-state index contributed by atoms with van der Waals surface area (Å²) in [5, 5.41) is 5.61. The van der Waals surface area contributed by atoms with E-state index in [-0.39, 0.29) is 18.1 Å². The molecule has 6 nitrogen and oxygen atoms in total. The molecule has 174 valence electrons. The first kappa shape index (κ1) is 21.6. The number of aromatic nitrogens is 5. The van der Waals surface area contributed by atoms with Gasteiger partial charge in [0.25, 0.3) is 0 Å². The molecule has 2 fully saturated rings. The fourth-order valence-electron chi connectivity index (χ4n) is 4.82. The lowest BCUT2D eigenvalue weighted by Crippen LogP contribution is -2.26. The maximum atomic E-state index is 14.9. The fourth-order valence-corrected chi connectivity index (χ4v) is 4.98. The van der Waals surface area contributed by atoms with Crippen molar-refractivity contribution in [1.82, 2.24) is 24.7 Å². The molecule has 4 aromatic rings. The molecule has 2 aliphatic rings. The van der Waals surface area contributed by atoms with Crippen LogP contribution in [0.2, 0.25) is 5.02 Å². The zero-order chi connectivity index (χ0) is 23.4. The molecule has 0 unspecified atom stereocenters. The number of benzene rings is 1. The number of hydrogen-bond donors (Lipinski definition) is 0. The van der Waals surface area contributed by atoms with Crippen molar-refractivity contribution in [3.8, 4) is 11.3 Å². The molecule has 3 aromatic heterocycles. The van der Waals surface area contributed by atoms with Gasteiger partial charge in [0.2, 0.25) is 0 Å². The first-order valence-electron chi connectivity index (χ1n) is 11.7. The molecule has 3 atom stereocenters. The SMILES string of the molecule is Cc1ccc2c(-c3ccc(Cl)cc3F)nc([C@@H]3C[C@H](C)O[C@@H](c4cnn(C5CC5)c4)C3)nc2n1. The second-order valence-corrected chi connectivity index (χ2v) is 9.90. The molecule has 6 rings (SSSR count). The molecule has 0 spiro atoms. The Morgan fingerprint density at radius 2 is 1.94 bits per heavy atom. The first-order valence-corrected chi connectivity index (χ1v) is 12.1. The van der Waals surface area contributed by atoms with E-state index in [1.165, 1.54) is 18.9 Å². The van der Waals surface area contributed by atoms with Crippen molar-refractivity contribution < 1.29 is 9.13 Å². The van der Waals surface area contributed by atoms with Crippen molar-refractivity contribution in [2.24, 2.45) is 0 Å². The van der Waals surface area contributed by atoms with Crippen molar-refractivity contribution in [3.63, 3.8) is 0 Å². The zero-order valence-corrected chi connectivity index (χ0v) is 19.8. The number of pyridine rings is 1. The summed E-state index contributed by atoms with van der Waals surface area (Å²) in [6, 6.07) is 9.00. The average Bonchev–Trinajstić information content (AvgIpc) is 3.54. The molecule has 4 heterocycles. The lowest BCUT2D eigenvalue weighted by Gasteiger charge is -2.33. The lowest BCUT2D eigenvalue weighted by atomic mass is 9.89. The van der Waals surface area contributed by atoms with E-state index >= 15 is 0 Å². The van der Waals surface area contributed by atoms with E-state index in [9.17, 15) is 4.39 Å². The summed E-state index contributed by atoms with van der Waals surface area (Å²) in [6.45, 7) is 4.00. The summed E-state index contributed by atoms with van der Waals surface area (Å²) >= 11 is 6.01. The first-order chi connectivity index (χ1) is 16.4. The molecule has 0 bridgehead atoms. The van der Waals surface area contributed by atoms with Gasteiger partial charge < -0.3 is 4.74 Å². The van der Waals surface area contributed by atoms with Crippen molar-refractivity contribution in [3.05, 3.63) is 70.6 Å². The molecule has 8 heteroatoms. The van der Waals surface area contributed by atoms with Gasteiger partial charge in [-0.2, -0.15) is 5.10 Å². The second kappa shape index (κ2) is 8.40. The van der Waals surface area contributed by atoms with Gasteiger partial charge in [0.15, 0.2) is 5.65 Å². The highest BCUT2D eigenvalue weighted by Gasteiger charge is 2.33. The third kappa shape index (κ3) is 4.07. The zero-order valence-electron chi connectivity index (χ0n) is 19.1. The van der Waals surface area contributed by atoms with Crippen LogP contribution in [0.3, 0.4) is 0 Å². The van der Waals surface area contributed by atoms with E-state index in [0.717, 1.165) is 29.5 Å². The van der Waals surface area contributed by atoms with E-state index in [1.54, 1.807) is 12.1 Å². The van der Waals surface area contributed by atoms with Crippen LogP contribution in [0.4, 0.5) is 4.39 Å². The number of rotatable bonds is 4. The van der Waals surface area contributed by atoms with Crippen molar-refractivity contribution >= 4 is 22.6 Å². The third-order valence-corrected chi connectivity index (χ3v) is 6.93. The normalized spacial score (nSPS) is 22.9. The van der Waals surface area contributed by atoms with Gasteiger partial charge in [-0.1, -0.05) is 11.6 Å². The molecule has 1 aromatic carbocycles. The maximum Gasteiger partial charge on any atom is 0.163 e. The number of ether oxygens (including phenoxy) is 1. The van der Waals surface area contributed by atoms with Gasteiger partial charge in [-0.15, -0.1) is 0 Å². The van der Waals surface area contributed by atoms with Gasteiger partial charge in [0.1, 0.15) is 11.6 Å². The number of halogens is 2. The third-order valence-electron chi connectivity index (χ3n) is 6.69. The molecule has 1 aliphatic heterocycles. The van der Waals surface area contributed by atoms with Crippen molar-refractivity contribution in [1.29, 1.82) is 0 Å². The topological polar surface area (TPSA) is 65.7 Å². The molecular weight excluding hydrogens is 453 g/mol. The van der Waals surface area contributed by atoms with Crippen molar-refractivity contribution in [2.45, 2.75) is 63.7 Å². The van der Waals surface area contributed by atoms with Gasteiger partial charge in [-0.05, 0) is 69.9 Å². The van der Waals surface area contributed by atoms with Crippen LogP contribution in [0.5, 0.6) is 0 Å². The van der Waals surface area contributed by atoms with Crippen LogP contribution in [0, 0.1) is 12.7 Å². The van der Waals surface area contributed by atoms with Crippen LogP contribution in [-0.4, -0.2) is 30.8 Å². The summed E-state index contributed by atoms with van der Waals surface area (Å²) in [5.74, 6) is 0.313. The highest BCUT2D eigenvalue weighted by Crippen LogP contribution is 2.41. The minimum absolute atomic E-state index is 0.0357. The molecule has 1 saturated carbocycles. The van der Waals surface area contributed by atoms with Crippen LogP contribution >= 0.6 is 11.6 Å². The van der Waals surface area contributed by atoms with Gasteiger partial charge in [0, 0.05) is 39.3 Å². The van der Waals surface area contributed by atoms with Crippen LogP contribution in [0.1, 0.15) is 67.8 Å². The molecule has 34 heavy (non-hydrogen) atoms. The summed E-state index contributed by atoms with van der Waals surface area (Å²) in [5.41, 5.74) is 3.45. The van der Waals surface area contributed by atoms with Gasteiger partial charge >= 0.3 is 0 Å². The van der Waals surface area contributed by atoms with Crippen LogP contribution in [0.15, 0.2) is 42.7 Å². The van der Waals surface area contributed by atoms with E-state index in [1.807, 2.05) is 29.9 Å². The Labute approximate surface area is 202 Å². The number of hydrogen-bond acceptors (Lipinski definition) is 5. The summed E-state index contributed by atoms with van der Waals surface area (Å²) < 4.78 is 23.3. The molecule has 0 amide bonds. The van der Waals surface area contributed by atoms with E-state index < -0.39 is 5.82 Å².